The first-order chi connectivity index (χ1) is 9.40. The van der Waals surface area contributed by atoms with Crippen molar-refractivity contribution in [3.8, 4) is 0 Å². The third-order valence-electron chi connectivity index (χ3n) is 3.81. The number of hydrogen-bond donors (Lipinski definition) is 2. The summed E-state index contributed by atoms with van der Waals surface area (Å²) in [6.45, 7) is 6.06. The highest BCUT2D eigenvalue weighted by molar-refractivity contribution is 5.96. The van der Waals surface area contributed by atoms with E-state index in [9.17, 15) is 9.59 Å². The fourth-order valence-corrected chi connectivity index (χ4v) is 2.24. The summed E-state index contributed by atoms with van der Waals surface area (Å²) in [5.74, 6) is -0.0289. The molecular formula is C15H20N2O3. The number of ketones is 1. The van der Waals surface area contributed by atoms with Gasteiger partial charge in [-0.3, -0.25) is 4.79 Å². The van der Waals surface area contributed by atoms with Crippen LogP contribution >= 0.6 is 0 Å². The third-order valence-corrected chi connectivity index (χ3v) is 3.81. The summed E-state index contributed by atoms with van der Waals surface area (Å²) in [5, 5.41) is 5.69. The molecule has 2 amide bonds. The fourth-order valence-electron chi connectivity index (χ4n) is 2.24. The molecule has 1 heterocycles. The zero-order valence-corrected chi connectivity index (χ0v) is 12.0. The van der Waals surface area contributed by atoms with Gasteiger partial charge in [0.2, 0.25) is 0 Å². The predicted molar refractivity (Wildman–Crippen MR) is 77.0 cm³/mol. The molecule has 0 saturated carbocycles. The van der Waals surface area contributed by atoms with E-state index in [0.29, 0.717) is 17.9 Å². The lowest BCUT2D eigenvalue weighted by Gasteiger charge is -2.28. The van der Waals surface area contributed by atoms with Crippen LogP contribution < -0.4 is 10.6 Å². The normalized spacial score (nSPS) is 25.2. The summed E-state index contributed by atoms with van der Waals surface area (Å²) in [6, 6.07) is 6.60. The minimum atomic E-state index is -0.359. The molecule has 0 spiro atoms. The molecule has 5 heteroatoms. The van der Waals surface area contributed by atoms with Gasteiger partial charge in [0.15, 0.2) is 5.78 Å². The van der Waals surface area contributed by atoms with E-state index in [2.05, 4.69) is 10.6 Å². The van der Waals surface area contributed by atoms with E-state index in [1.54, 1.807) is 24.3 Å². The molecule has 1 aromatic carbocycles. The Morgan fingerprint density at radius 3 is 2.75 bits per heavy atom. The molecule has 0 bridgehead atoms. The minimum Gasteiger partial charge on any atom is -0.376 e. The molecule has 5 nitrogen and oxygen atoms in total. The van der Waals surface area contributed by atoms with E-state index < -0.39 is 0 Å². The number of benzene rings is 1. The van der Waals surface area contributed by atoms with Crippen LogP contribution in [0.5, 0.6) is 0 Å². The molecule has 108 valence electrons. The molecule has 2 atom stereocenters. The lowest BCUT2D eigenvalue weighted by Crippen LogP contribution is -2.52. The smallest absolute Gasteiger partial charge is 0.319 e. The Hall–Kier alpha value is -1.88. The SMILES string of the molecule is CC(=O)c1cccc(NC(=O)NC2(C)CCOC2C)c1. The van der Waals surface area contributed by atoms with Gasteiger partial charge in [-0.25, -0.2) is 4.79 Å². The van der Waals surface area contributed by atoms with Crippen LogP contribution in [0.1, 0.15) is 37.6 Å². The van der Waals surface area contributed by atoms with Crippen molar-refractivity contribution in [2.45, 2.75) is 38.8 Å². The topological polar surface area (TPSA) is 67.4 Å². The number of carbonyl (C=O) groups is 2. The van der Waals surface area contributed by atoms with Crippen molar-refractivity contribution in [3.63, 3.8) is 0 Å². The van der Waals surface area contributed by atoms with E-state index in [0.717, 1.165) is 6.42 Å². The number of amides is 2. The molecular weight excluding hydrogens is 256 g/mol. The van der Waals surface area contributed by atoms with Crippen LogP contribution in [0.25, 0.3) is 0 Å². The van der Waals surface area contributed by atoms with Gasteiger partial charge in [0.25, 0.3) is 0 Å². The van der Waals surface area contributed by atoms with E-state index in [4.69, 9.17) is 4.74 Å². The Bertz CT molecular complexity index is 530. The lowest BCUT2D eigenvalue weighted by atomic mass is 9.95. The maximum absolute atomic E-state index is 12.0. The van der Waals surface area contributed by atoms with E-state index in [1.165, 1.54) is 6.92 Å². The van der Waals surface area contributed by atoms with Crippen molar-refractivity contribution in [2.24, 2.45) is 0 Å². The third kappa shape index (κ3) is 3.17. The molecule has 2 rings (SSSR count). The summed E-state index contributed by atoms with van der Waals surface area (Å²) in [6.07, 6.45) is 0.770. The number of hydrogen-bond acceptors (Lipinski definition) is 3. The molecule has 1 aliphatic heterocycles. The molecule has 1 aliphatic rings. The number of carbonyl (C=O) groups excluding carboxylic acids is 2. The average molecular weight is 276 g/mol. The standard InChI is InChI=1S/C15H20N2O3/c1-10(18)12-5-4-6-13(9-12)16-14(19)17-15(3)7-8-20-11(15)2/h4-6,9,11H,7-8H2,1-3H3,(H2,16,17,19). The molecule has 0 aromatic heterocycles. The molecule has 2 unspecified atom stereocenters. The highest BCUT2D eigenvalue weighted by atomic mass is 16.5. The molecule has 1 saturated heterocycles. The van der Waals surface area contributed by atoms with Crippen LogP contribution in [0.15, 0.2) is 24.3 Å². The number of anilines is 1. The summed E-state index contributed by atoms with van der Waals surface area (Å²) >= 11 is 0. The second-order valence-corrected chi connectivity index (χ2v) is 5.40. The molecule has 0 radical (unpaired) electrons. The highest BCUT2D eigenvalue weighted by Gasteiger charge is 2.38. The number of Topliss-reactive ketones (excluding diaryl/α,β-unsaturated/α-hetero) is 1. The number of urea groups is 1. The van der Waals surface area contributed by atoms with Crippen LogP contribution in [0, 0.1) is 0 Å². The van der Waals surface area contributed by atoms with Gasteiger partial charge in [0, 0.05) is 17.9 Å². The Balaban J connectivity index is 2.01. The van der Waals surface area contributed by atoms with Crippen molar-refractivity contribution >= 4 is 17.5 Å². The van der Waals surface area contributed by atoms with Gasteiger partial charge in [-0.05, 0) is 39.3 Å². The Morgan fingerprint density at radius 2 is 2.15 bits per heavy atom. The van der Waals surface area contributed by atoms with Crippen LogP contribution in [0.3, 0.4) is 0 Å². The zero-order valence-electron chi connectivity index (χ0n) is 12.0. The fraction of sp³-hybridized carbons (Fsp3) is 0.467. The van der Waals surface area contributed by atoms with Gasteiger partial charge in [0.1, 0.15) is 0 Å². The van der Waals surface area contributed by atoms with Gasteiger partial charge < -0.3 is 15.4 Å². The maximum atomic E-state index is 12.0. The van der Waals surface area contributed by atoms with Crippen LogP contribution in [-0.2, 0) is 4.74 Å². The quantitative estimate of drug-likeness (QED) is 0.834. The first-order valence-electron chi connectivity index (χ1n) is 6.72. The van der Waals surface area contributed by atoms with Crippen molar-refractivity contribution in [2.75, 3.05) is 11.9 Å². The van der Waals surface area contributed by atoms with Crippen LogP contribution in [-0.4, -0.2) is 30.1 Å². The van der Waals surface area contributed by atoms with E-state index >= 15 is 0 Å². The maximum Gasteiger partial charge on any atom is 0.319 e. The summed E-state index contributed by atoms with van der Waals surface area (Å²) in [5.41, 5.74) is 0.819. The Morgan fingerprint density at radius 1 is 1.40 bits per heavy atom. The largest absolute Gasteiger partial charge is 0.376 e. The van der Waals surface area contributed by atoms with E-state index in [1.807, 2.05) is 13.8 Å². The average Bonchev–Trinajstić information content (AvgIpc) is 2.69. The predicted octanol–water partition coefficient (Wildman–Crippen LogP) is 2.58. The van der Waals surface area contributed by atoms with Crippen molar-refractivity contribution in [1.29, 1.82) is 0 Å². The lowest BCUT2D eigenvalue weighted by molar-refractivity contribution is 0.0920. The number of ether oxygens (including phenoxy) is 1. The zero-order chi connectivity index (χ0) is 14.8. The first-order valence-corrected chi connectivity index (χ1v) is 6.72. The van der Waals surface area contributed by atoms with Crippen LogP contribution in [0.2, 0.25) is 0 Å². The molecule has 1 aromatic rings. The number of nitrogens with one attached hydrogen (secondary N) is 2. The van der Waals surface area contributed by atoms with Crippen molar-refractivity contribution in [3.05, 3.63) is 29.8 Å². The monoisotopic (exact) mass is 276 g/mol. The van der Waals surface area contributed by atoms with Gasteiger partial charge in [-0.2, -0.15) is 0 Å². The van der Waals surface area contributed by atoms with Gasteiger partial charge in [-0.1, -0.05) is 12.1 Å². The summed E-state index contributed by atoms with van der Waals surface area (Å²) in [7, 11) is 0. The molecule has 1 fully saturated rings. The van der Waals surface area contributed by atoms with Crippen LogP contribution in [0.4, 0.5) is 10.5 Å². The van der Waals surface area contributed by atoms with E-state index in [-0.39, 0.29) is 23.5 Å². The second-order valence-electron chi connectivity index (χ2n) is 5.40. The highest BCUT2D eigenvalue weighted by Crippen LogP contribution is 2.25. The Kier molecular flexibility index (Phi) is 4.09. The van der Waals surface area contributed by atoms with Crippen molar-refractivity contribution in [1.82, 2.24) is 5.32 Å². The number of rotatable bonds is 3. The molecule has 0 aliphatic carbocycles. The van der Waals surface area contributed by atoms with Gasteiger partial charge in [0.05, 0.1) is 11.6 Å². The Labute approximate surface area is 118 Å². The van der Waals surface area contributed by atoms with Gasteiger partial charge >= 0.3 is 6.03 Å². The molecule has 2 N–H and O–H groups in total. The van der Waals surface area contributed by atoms with Crippen molar-refractivity contribution < 1.29 is 14.3 Å². The van der Waals surface area contributed by atoms with Gasteiger partial charge in [-0.15, -0.1) is 0 Å². The summed E-state index contributed by atoms with van der Waals surface area (Å²) < 4.78 is 5.48. The molecule has 20 heavy (non-hydrogen) atoms. The first kappa shape index (κ1) is 14.5. The second kappa shape index (κ2) is 5.63. The minimum absolute atomic E-state index is 0.0168. The summed E-state index contributed by atoms with van der Waals surface area (Å²) in [4.78, 5) is 23.3.